The van der Waals surface area contributed by atoms with Gasteiger partial charge in [0.2, 0.25) is 5.60 Å². The Labute approximate surface area is 104 Å². The summed E-state index contributed by atoms with van der Waals surface area (Å²) < 4.78 is 9.30. The quantitative estimate of drug-likeness (QED) is 0.370. The molecule has 0 amide bonds. The molecule has 0 aliphatic carbocycles. The number of ether oxygens (including phenoxy) is 2. The topological polar surface area (TPSA) is 89.9 Å². The van der Waals surface area contributed by atoms with Gasteiger partial charge in [0, 0.05) is 12.8 Å². The molecule has 18 heavy (non-hydrogen) atoms. The molecule has 0 bridgehead atoms. The van der Waals surface area contributed by atoms with E-state index >= 15 is 0 Å². The van der Waals surface area contributed by atoms with Crippen LogP contribution in [0.2, 0.25) is 0 Å². The summed E-state index contributed by atoms with van der Waals surface area (Å²) in [5.74, 6) is 2.10. The van der Waals surface area contributed by atoms with Gasteiger partial charge in [-0.05, 0) is 0 Å². The van der Waals surface area contributed by atoms with Gasteiger partial charge < -0.3 is 14.6 Å². The Balaban J connectivity index is 5.00. The molecular formula is C12H12O6. The van der Waals surface area contributed by atoms with Crippen LogP contribution in [0.4, 0.5) is 0 Å². The summed E-state index contributed by atoms with van der Waals surface area (Å²) in [7, 11) is 0. The van der Waals surface area contributed by atoms with Crippen LogP contribution in [-0.2, 0) is 23.9 Å². The molecule has 1 N–H and O–H groups in total. The highest BCUT2D eigenvalue weighted by Gasteiger charge is 2.42. The predicted molar refractivity (Wildman–Crippen MR) is 60.0 cm³/mol. The number of carbonyl (C=O) groups excluding carboxylic acids is 2. The number of rotatable bonds is 8. The van der Waals surface area contributed by atoms with Gasteiger partial charge in [-0.2, -0.15) is 0 Å². The number of hydrogen-bond donors (Lipinski definition) is 1. The molecule has 0 aliphatic rings. The van der Waals surface area contributed by atoms with E-state index in [4.69, 9.17) is 18.0 Å². The summed E-state index contributed by atoms with van der Waals surface area (Å²) in [5, 5.41) is 8.59. The van der Waals surface area contributed by atoms with E-state index in [0.29, 0.717) is 0 Å². The fourth-order valence-corrected chi connectivity index (χ4v) is 1.22. The summed E-state index contributed by atoms with van der Waals surface area (Å²) in [4.78, 5) is 32.7. The lowest BCUT2D eigenvalue weighted by molar-refractivity contribution is -0.176. The number of aliphatic carboxylic acids is 1. The molecule has 0 aromatic carbocycles. The highest BCUT2D eigenvalue weighted by molar-refractivity contribution is 5.82. The molecule has 1 atom stereocenters. The smallest absolute Gasteiger partial charge is 0.352 e. The SMILES string of the molecule is C#CCOC(=O)C(CC#C)(CCC(=O)O)OC=O. The van der Waals surface area contributed by atoms with E-state index in [1.54, 1.807) is 0 Å². The Bertz CT molecular complexity index is 400. The average molecular weight is 252 g/mol. The first-order valence-corrected chi connectivity index (χ1v) is 4.90. The van der Waals surface area contributed by atoms with Crippen LogP contribution in [-0.4, -0.2) is 35.7 Å². The van der Waals surface area contributed by atoms with Crippen LogP contribution >= 0.6 is 0 Å². The van der Waals surface area contributed by atoms with Crippen molar-refractivity contribution >= 4 is 18.4 Å². The van der Waals surface area contributed by atoms with Crippen LogP contribution in [0.3, 0.4) is 0 Å². The second-order valence-corrected chi connectivity index (χ2v) is 3.26. The van der Waals surface area contributed by atoms with Gasteiger partial charge in [-0.25, -0.2) is 4.79 Å². The summed E-state index contributed by atoms with van der Waals surface area (Å²) in [6.07, 6.45) is 9.02. The van der Waals surface area contributed by atoms with E-state index < -0.39 is 24.0 Å². The average Bonchev–Trinajstić information content (AvgIpc) is 2.33. The fraction of sp³-hybridized carbons (Fsp3) is 0.417. The van der Waals surface area contributed by atoms with E-state index in [-0.39, 0.29) is 25.9 Å². The van der Waals surface area contributed by atoms with Crippen molar-refractivity contribution in [3.05, 3.63) is 0 Å². The number of carbonyl (C=O) groups is 3. The molecule has 1 unspecified atom stereocenters. The molecule has 6 nitrogen and oxygen atoms in total. The normalized spacial score (nSPS) is 12.3. The van der Waals surface area contributed by atoms with Crippen LogP contribution in [0.25, 0.3) is 0 Å². The number of terminal acetylenes is 2. The van der Waals surface area contributed by atoms with Gasteiger partial charge in [0.25, 0.3) is 6.47 Å². The van der Waals surface area contributed by atoms with Crippen molar-refractivity contribution in [1.29, 1.82) is 0 Å². The van der Waals surface area contributed by atoms with Crippen molar-refractivity contribution in [3.63, 3.8) is 0 Å². The Kier molecular flexibility index (Phi) is 6.68. The minimum atomic E-state index is -1.80. The lowest BCUT2D eigenvalue weighted by atomic mass is 9.93. The zero-order chi connectivity index (χ0) is 14.0. The number of carboxylic acids is 1. The van der Waals surface area contributed by atoms with Crippen molar-refractivity contribution in [3.8, 4) is 24.7 Å². The predicted octanol–water partition coefficient (Wildman–Crippen LogP) is -0.0373. The minimum absolute atomic E-state index is 0.0241. The molecule has 6 heteroatoms. The number of esters is 1. The number of hydrogen-bond acceptors (Lipinski definition) is 5. The van der Waals surface area contributed by atoms with Crippen molar-refractivity contribution in [1.82, 2.24) is 0 Å². The highest BCUT2D eigenvalue weighted by Crippen LogP contribution is 2.23. The maximum Gasteiger partial charge on any atom is 0.352 e. The molecule has 0 rings (SSSR count). The van der Waals surface area contributed by atoms with Crippen LogP contribution in [0, 0.1) is 24.7 Å². The molecule has 0 heterocycles. The van der Waals surface area contributed by atoms with Gasteiger partial charge >= 0.3 is 11.9 Å². The van der Waals surface area contributed by atoms with E-state index in [2.05, 4.69) is 21.3 Å². The molecule has 0 spiro atoms. The zero-order valence-corrected chi connectivity index (χ0v) is 9.55. The molecule has 0 saturated carbocycles. The largest absolute Gasteiger partial charge is 0.481 e. The van der Waals surface area contributed by atoms with Gasteiger partial charge in [0.05, 0.1) is 6.42 Å². The zero-order valence-electron chi connectivity index (χ0n) is 9.55. The third-order valence-corrected chi connectivity index (χ3v) is 2.06. The first kappa shape index (κ1) is 15.5. The summed E-state index contributed by atoms with van der Waals surface area (Å²) >= 11 is 0. The number of carboxylic acid groups (broad SMARTS) is 1. The van der Waals surface area contributed by atoms with Crippen LogP contribution in [0.15, 0.2) is 0 Å². The second kappa shape index (κ2) is 7.75. The van der Waals surface area contributed by atoms with E-state index in [1.807, 2.05) is 0 Å². The van der Waals surface area contributed by atoms with Crippen LogP contribution in [0.1, 0.15) is 19.3 Å². The Morgan fingerprint density at radius 2 is 2.00 bits per heavy atom. The molecule has 96 valence electrons. The van der Waals surface area contributed by atoms with Gasteiger partial charge in [-0.3, -0.25) is 9.59 Å². The Hall–Kier alpha value is -2.47. The molecule has 0 saturated heterocycles. The van der Waals surface area contributed by atoms with E-state index in [0.717, 1.165) is 0 Å². The Morgan fingerprint density at radius 1 is 1.33 bits per heavy atom. The molecule has 0 aromatic rings. The van der Waals surface area contributed by atoms with Gasteiger partial charge in [-0.1, -0.05) is 5.92 Å². The first-order chi connectivity index (χ1) is 8.52. The van der Waals surface area contributed by atoms with Crippen molar-refractivity contribution in [2.24, 2.45) is 0 Å². The summed E-state index contributed by atoms with van der Waals surface area (Å²) in [6.45, 7) is -0.295. The third kappa shape index (κ3) is 4.58. The molecular weight excluding hydrogens is 240 g/mol. The summed E-state index contributed by atoms with van der Waals surface area (Å²) in [5.41, 5.74) is -1.80. The lowest BCUT2D eigenvalue weighted by Crippen LogP contribution is -2.43. The van der Waals surface area contributed by atoms with Gasteiger partial charge in [-0.15, -0.1) is 18.8 Å². The van der Waals surface area contributed by atoms with Crippen molar-refractivity contribution < 1.29 is 29.0 Å². The maximum atomic E-state index is 11.7. The van der Waals surface area contributed by atoms with Crippen molar-refractivity contribution in [2.45, 2.75) is 24.9 Å². The van der Waals surface area contributed by atoms with Gasteiger partial charge in [0.1, 0.15) is 0 Å². The van der Waals surface area contributed by atoms with E-state index in [9.17, 15) is 14.4 Å². The standard InChI is InChI=1S/C12H12O6/c1-3-6-12(18-9-13,7-5-10(14)15)11(16)17-8-4-2/h1-2,9H,5-8H2,(H,14,15). The monoisotopic (exact) mass is 252 g/mol. The van der Waals surface area contributed by atoms with Crippen LogP contribution < -0.4 is 0 Å². The summed E-state index contributed by atoms with van der Waals surface area (Å²) in [6, 6.07) is 0. The highest BCUT2D eigenvalue weighted by atomic mass is 16.6. The van der Waals surface area contributed by atoms with Crippen molar-refractivity contribution in [2.75, 3.05) is 6.61 Å². The molecule has 0 aliphatic heterocycles. The molecule has 0 fully saturated rings. The first-order valence-electron chi connectivity index (χ1n) is 4.90. The maximum absolute atomic E-state index is 11.7. The Morgan fingerprint density at radius 3 is 2.44 bits per heavy atom. The molecule has 0 radical (unpaired) electrons. The van der Waals surface area contributed by atoms with E-state index in [1.165, 1.54) is 0 Å². The van der Waals surface area contributed by atoms with Gasteiger partial charge in [0.15, 0.2) is 6.61 Å². The fourth-order valence-electron chi connectivity index (χ4n) is 1.22. The van der Waals surface area contributed by atoms with Crippen LogP contribution in [0.5, 0.6) is 0 Å². The minimum Gasteiger partial charge on any atom is -0.481 e. The second-order valence-electron chi connectivity index (χ2n) is 3.26. The molecule has 0 aromatic heterocycles. The lowest BCUT2D eigenvalue weighted by Gasteiger charge is -2.26. The third-order valence-electron chi connectivity index (χ3n) is 2.06.